The lowest BCUT2D eigenvalue weighted by molar-refractivity contribution is 0.292. The van der Waals surface area contributed by atoms with Gasteiger partial charge in [-0.15, -0.1) is 0 Å². The molecule has 62 valence electrons. The van der Waals surface area contributed by atoms with Gasteiger partial charge in [-0.25, -0.2) is 0 Å². The molecule has 0 aliphatic rings. The molecule has 0 rings (SSSR count). The van der Waals surface area contributed by atoms with Crippen LogP contribution in [0.2, 0.25) is 0 Å². The second kappa shape index (κ2) is 3.55. The van der Waals surface area contributed by atoms with Crippen LogP contribution in [0.3, 0.4) is 0 Å². The summed E-state index contributed by atoms with van der Waals surface area (Å²) in [5.41, 5.74) is 5.49. The first kappa shape index (κ1) is 9.42. The van der Waals surface area contributed by atoms with Crippen molar-refractivity contribution in [2.75, 3.05) is 0 Å². The van der Waals surface area contributed by atoms with Crippen molar-refractivity contribution in [2.24, 2.45) is 5.73 Å². The van der Waals surface area contributed by atoms with E-state index in [4.69, 9.17) is 21.1 Å². The first-order valence-corrected chi connectivity index (χ1v) is 2.89. The van der Waals surface area contributed by atoms with Gasteiger partial charge in [-0.2, -0.15) is 0 Å². The van der Waals surface area contributed by atoms with Crippen LogP contribution in [-0.4, -0.2) is 15.3 Å². The maximum atomic E-state index is 8.91. The Kier molecular flexibility index (Phi) is 3.04. The molecule has 0 saturated heterocycles. The van der Waals surface area contributed by atoms with Crippen LogP contribution in [0.4, 0.5) is 0 Å². The summed E-state index contributed by atoms with van der Waals surface area (Å²) < 4.78 is 0. The van der Waals surface area contributed by atoms with Gasteiger partial charge in [-0.3, -0.25) is 0 Å². The van der Waals surface area contributed by atoms with Gasteiger partial charge in [-0.1, -0.05) is 6.58 Å². The summed E-state index contributed by atoms with van der Waals surface area (Å²) in [6.07, 6.45) is 1.11. The average Bonchev–Trinajstić information content (AvgIpc) is 1.84. The Morgan fingerprint density at radius 2 is 1.82 bits per heavy atom. The molecule has 0 saturated carbocycles. The second-order valence-electron chi connectivity index (χ2n) is 2.07. The zero-order valence-electron chi connectivity index (χ0n) is 6.20. The van der Waals surface area contributed by atoms with Gasteiger partial charge in [0.1, 0.15) is 0 Å². The van der Waals surface area contributed by atoms with Crippen molar-refractivity contribution >= 4 is 0 Å². The molecule has 0 atom stereocenters. The molecular weight excluding hydrogens is 146 g/mol. The topological polar surface area (TPSA) is 86.7 Å². The molecule has 0 fully saturated rings. The average molecular weight is 157 g/mol. The van der Waals surface area contributed by atoms with E-state index in [1.165, 1.54) is 6.92 Å². The summed E-state index contributed by atoms with van der Waals surface area (Å²) in [6, 6.07) is 0. The number of hydrogen-bond donors (Lipinski definition) is 4. The van der Waals surface area contributed by atoms with Crippen molar-refractivity contribution in [3.63, 3.8) is 0 Å². The summed E-state index contributed by atoms with van der Waals surface area (Å²) in [7, 11) is 0. The number of hydrogen-bond acceptors (Lipinski definition) is 4. The Balaban J connectivity index is 4.68. The van der Waals surface area contributed by atoms with Crippen molar-refractivity contribution < 1.29 is 15.3 Å². The third-order valence-electron chi connectivity index (χ3n) is 0.880. The third kappa shape index (κ3) is 3.20. The van der Waals surface area contributed by atoms with Crippen LogP contribution in [0.25, 0.3) is 0 Å². The van der Waals surface area contributed by atoms with Gasteiger partial charge in [0.2, 0.25) is 0 Å². The van der Waals surface area contributed by atoms with Crippen LogP contribution in [0.15, 0.2) is 35.6 Å². The van der Waals surface area contributed by atoms with Crippen LogP contribution in [-0.2, 0) is 0 Å². The van der Waals surface area contributed by atoms with Crippen LogP contribution >= 0.6 is 0 Å². The Hall–Kier alpha value is -1.58. The van der Waals surface area contributed by atoms with Crippen LogP contribution in [0, 0.1) is 0 Å². The summed E-state index contributed by atoms with van der Waals surface area (Å²) >= 11 is 0. The lowest BCUT2D eigenvalue weighted by Crippen LogP contribution is -1.95. The molecule has 0 aromatic heterocycles. The fourth-order valence-corrected chi connectivity index (χ4v) is 0.432. The molecule has 0 aliphatic carbocycles. The molecule has 0 unspecified atom stereocenters. The standard InChI is InChI=1S/C7H11NO3/c1-4(8)3-6(10)7(11)5(2)9/h3,9-11H,2,8H2,1H3/b4-3+,7-6-. The molecule has 0 amide bonds. The Morgan fingerprint density at radius 3 is 2.09 bits per heavy atom. The maximum Gasteiger partial charge on any atom is 0.199 e. The first-order chi connectivity index (χ1) is 4.95. The van der Waals surface area contributed by atoms with Crippen molar-refractivity contribution in [3.05, 3.63) is 35.6 Å². The van der Waals surface area contributed by atoms with Gasteiger partial charge in [0.05, 0.1) is 0 Å². The SMILES string of the molecule is C=C(O)/C(O)=C(O)\C=C(/C)N. The molecule has 0 radical (unpaired) electrons. The van der Waals surface area contributed by atoms with Crippen molar-refractivity contribution in [1.82, 2.24) is 0 Å². The lowest BCUT2D eigenvalue weighted by atomic mass is 10.3. The predicted octanol–water partition coefficient (Wildman–Crippen LogP) is 1.25. The van der Waals surface area contributed by atoms with Crippen molar-refractivity contribution in [2.45, 2.75) is 6.92 Å². The number of nitrogens with two attached hydrogens (primary N) is 1. The van der Waals surface area contributed by atoms with E-state index in [-0.39, 0.29) is 0 Å². The van der Waals surface area contributed by atoms with Gasteiger partial charge >= 0.3 is 0 Å². The van der Waals surface area contributed by atoms with E-state index in [0.29, 0.717) is 5.70 Å². The summed E-state index contributed by atoms with van der Waals surface area (Å²) in [5.74, 6) is -1.77. The fraction of sp³-hybridized carbons (Fsp3) is 0.143. The van der Waals surface area contributed by atoms with Gasteiger partial charge in [0.25, 0.3) is 0 Å². The highest BCUT2D eigenvalue weighted by Crippen LogP contribution is 2.06. The van der Waals surface area contributed by atoms with Crippen LogP contribution in [0.1, 0.15) is 6.92 Å². The minimum absolute atomic E-state index is 0.315. The van der Waals surface area contributed by atoms with E-state index >= 15 is 0 Å². The van der Waals surface area contributed by atoms with E-state index in [2.05, 4.69) is 6.58 Å². The fourth-order valence-electron chi connectivity index (χ4n) is 0.432. The summed E-state index contributed by atoms with van der Waals surface area (Å²) in [4.78, 5) is 0. The van der Waals surface area contributed by atoms with E-state index < -0.39 is 17.3 Å². The van der Waals surface area contributed by atoms with E-state index in [0.717, 1.165) is 6.08 Å². The van der Waals surface area contributed by atoms with E-state index in [1.54, 1.807) is 0 Å². The zero-order chi connectivity index (χ0) is 9.02. The van der Waals surface area contributed by atoms with Crippen LogP contribution < -0.4 is 5.73 Å². The number of aliphatic hydroxyl groups excluding tert-OH is 3. The van der Waals surface area contributed by atoms with E-state index in [1.807, 2.05) is 0 Å². The highest BCUT2D eigenvalue weighted by molar-refractivity contribution is 5.26. The van der Waals surface area contributed by atoms with Gasteiger partial charge in [-0.05, 0) is 6.92 Å². The highest BCUT2D eigenvalue weighted by atomic mass is 16.3. The quantitative estimate of drug-likeness (QED) is 0.359. The lowest BCUT2D eigenvalue weighted by Gasteiger charge is -1.98. The smallest absolute Gasteiger partial charge is 0.199 e. The highest BCUT2D eigenvalue weighted by Gasteiger charge is 2.02. The second-order valence-corrected chi connectivity index (χ2v) is 2.07. The predicted molar refractivity (Wildman–Crippen MR) is 42.0 cm³/mol. The van der Waals surface area contributed by atoms with Crippen LogP contribution in [0.5, 0.6) is 0 Å². The molecule has 11 heavy (non-hydrogen) atoms. The number of allylic oxidation sites excluding steroid dienone is 2. The zero-order valence-corrected chi connectivity index (χ0v) is 6.20. The molecular formula is C7H11NO3. The summed E-state index contributed by atoms with van der Waals surface area (Å²) in [5, 5.41) is 26.3. The van der Waals surface area contributed by atoms with Crippen molar-refractivity contribution in [3.8, 4) is 0 Å². The van der Waals surface area contributed by atoms with Crippen molar-refractivity contribution in [1.29, 1.82) is 0 Å². The molecule has 0 spiro atoms. The normalized spacial score (nSPS) is 14.1. The molecule has 4 nitrogen and oxygen atoms in total. The molecule has 0 aromatic carbocycles. The molecule has 4 heteroatoms. The maximum absolute atomic E-state index is 8.91. The minimum Gasteiger partial charge on any atom is -0.505 e. The number of aliphatic hydroxyl groups is 3. The van der Waals surface area contributed by atoms with E-state index in [9.17, 15) is 0 Å². The van der Waals surface area contributed by atoms with Gasteiger partial charge in [0, 0.05) is 11.8 Å². The molecule has 0 aliphatic heterocycles. The Labute approximate surface area is 64.6 Å². The molecule has 5 N–H and O–H groups in total. The first-order valence-electron chi connectivity index (χ1n) is 2.89. The molecule has 0 aromatic rings. The summed E-state index contributed by atoms with van der Waals surface area (Å²) in [6.45, 7) is 4.53. The molecule has 0 bridgehead atoms. The number of rotatable bonds is 2. The minimum atomic E-state index is -0.671. The monoisotopic (exact) mass is 157 g/mol. The van der Waals surface area contributed by atoms with Gasteiger partial charge in [0.15, 0.2) is 17.3 Å². The van der Waals surface area contributed by atoms with Gasteiger partial charge < -0.3 is 21.1 Å². The molecule has 0 heterocycles. The Bertz CT molecular complexity index is 224. The largest absolute Gasteiger partial charge is 0.505 e. The Morgan fingerprint density at radius 1 is 1.36 bits per heavy atom. The third-order valence-corrected chi connectivity index (χ3v) is 0.880.